The number of rotatable bonds is 13. The van der Waals surface area contributed by atoms with Crippen molar-refractivity contribution in [2.24, 2.45) is 11.5 Å². The predicted molar refractivity (Wildman–Crippen MR) is 102 cm³/mol. The van der Waals surface area contributed by atoms with E-state index in [1.807, 2.05) is 0 Å². The van der Waals surface area contributed by atoms with Crippen LogP contribution < -0.4 is 27.4 Å². The molecule has 14 heteroatoms. The molecule has 0 saturated carbocycles. The standard InChI is InChI=1S/C15H27N5O8S/c1-6(22)11(14(26)19-9(5-29)15(27)28)20-13(25)8(2-3-10(17)23)18-12(24)7(16)4-21/h6-9,11,21-22,29H,2-5,16H2,1H3,(H2,17,23)(H,18,24)(H,19,26)(H,20,25)(H,27,28). The molecule has 4 amide bonds. The highest BCUT2D eigenvalue weighted by Gasteiger charge is 2.32. The Morgan fingerprint density at radius 3 is 1.97 bits per heavy atom. The van der Waals surface area contributed by atoms with Crippen molar-refractivity contribution in [1.29, 1.82) is 0 Å². The molecule has 0 fully saturated rings. The number of nitrogens with two attached hydrogens (primary N) is 2. The molecule has 0 aromatic heterocycles. The van der Waals surface area contributed by atoms with E-state index < -0.39 is 66.5 Å². The van der Waals surface area contributed by atoms with Gasteiger partial charge in [-0.05, 0) is 13.3 Å². The number of aliphatic hydroxyl groups is 2. The molecular weight excluding hydrogens is 410 g/mol. The summed E-state index contributed by atoms with van der Waals surface area (Å²) in [6, 6.07) is -5.62. The average Bonchev–Trinajstić information content (AvgIpc) is 2.65. The second-order valence-corrected chi connectivity index (χ2v) is 6.53. The predicted octanol–water partition coefficient (Wildman–Crippen LogP) is -4.58. The van der Waals surface area contributed by atoms with Crippen LogP contribution in [0.15, 0.2) is 0 Å². The van der Waals surface area contributed by atoms with Gasteiger partial charge < -0.3 is 42.7 Å². The van der Waals surface area contributed by atoms with Gasteiger partial charge in [0.2, 0.25) is 23.6 Å². The van der Waals surface area contributed by atoms with Gasteiger partial charge in [0.05, 0.1) is 12.7 Å². The van der Waals surface area contributed by atoms with E-state index >= 15 is 0 Å². The Balaban J connectivity index is 5.34. The molecule has 166 valence electrons. The Labute approximate surface area is 172 Å². The lowest BCUT2D eigenvalue weighted by atomic mass is 10.1. The van der Waals surface area contributed by atoms with Crippen molar-refractivity contribution >= 4 is 42.2 Å². The number of hydrogen-bond acceptors (Lipinski definition) is 9. The zero-order valence-corrected chi connectivity index (χ0v) is 16.6. The maximum absolute atomic E-state index is 12.5. The molecule has 5 atom stereocenters. The number of carboxylic acids is 1. The molecular formula is C15H27N5O8S. The molecule has 0 aromatic rings. The van der Waals surface area contributed by atoms with E-state index in [9.17, 15) is 29.1 Å². The minimum absolute atomic E-state index is 0.238. The molecule has 29 heavy (non-hydrogen) atoms. The van der Waals surface area contributed by atoms with Gasteiger partial charge >= 0.3 is 5.97 Å². The smallest absolute Gasteiger partial charge is 0.327 e. The molecule has 13 nitrogen and oxygen atoms in total. The largest absolute Gasteiger partial charge is 0.480 e. The molecule has 0 spiro atoms. The first kappa shape index (κ1) is 26.6. The molecule has 0 aliphatic carbocycles. The monoisotopic (exact) mass is 437 g/mol. The zero-order chi connectivity index (χ0) is 22.7. The third-order valence-electron chi connectivity index (χ3n) is 3.71. The molecule has 0 aliphatic heterocycles. The van der Waals surface area contributed by atoms with E-state index in [2.05, 4.69) is 28.6 Å². The number of aliphatic carboxylic acids is 1. The van der Waals surface area contributed by atoms with E-state index in [1.54, 1.807) is 0 Å². The molecule has 0 radical (unpaired) electrons. The zero-order valence-electron chi connectivity index (χ0n) is 15.7. The summed E-state index contributed by atoms with van der Waals surface area (Å²) >= 11 is 3.80. The van der Waals surface area contributed by atoms with E-state index in [0.29, 0.717) is 0 Å². The third-order valence-corrected chi connectivity index (χ3v) is 4.07. The molecule has 0 aliphatic rings. The van der Waals surface area contributed by atoms with Crippen LogP contribution in [0.3, 0.4) is 0 Å². The molecule has 0 saturated heterocycles. The molecule has 0 aromatic carbocycles. The fourth-order valence-electron chi connectivity index (χ4n) is 2.02. The fraction of sp³-hybridized carbons (Fsp3) is 0.667. The van der Waals surface area contributed by atoms with Crippen molar-refractivity contribution in [1.82, 2.24) is 16.0 Å². The molecule has 0 heterocycles. The summed E-state index contributed by atoms with van der Waals surface area (Å²) in [4.78, 5) is 58.6. The second-order valence-electron chi connectivity index (χ2n) is 6.16. The summed E-state index contributed by atoms with van der Waals surface area (Å²) in [5.41, 5.74) is 10.4. The van der Waals surface area contributed by atoms with Crippen LogP contribution in [0.1, 0.15) is 19.8 Å². The van der Waals surface area contributed by atoms with Gasteiger partial charge in [0, 0.05) is 12.2 Å². The van der Waals surface area contributed by atoms with Gasteiger partial charge in [-0.3, -0.25) is 19.2 Å². The third kappa shape index (κ3) is 9.56. The first-order valence-electron chi connectivity index (χ1n) is 8.52. The van der Waals surface area contributed by atoms with Gasteiger partial charge in [0.25, 0.3) is 0 Å². The van der Waals surface area contributed by atoms with Gasteiger partial charge in [-0.2, -0.15) is 12.6 Å². The lowest BCUT2D eigenvalue weighted by molar-refractivity contribution is -0.142. The van der Waals surface area contributed by atoms with Gasteiger partial charge in [-0.25, -0.2) is 4.79 Å². The minimum Gasteiger partial charge on any atom is -0.480 e. The summed E-state index contributed by atoms with van der Waals surface area (Å²) in [6.07, 6.45) is -1.97. The Morgan fingerprint density at radius 2 is 1.55 bits per heavy atom. The quantitative estimate of drug-likeness (QED) is 0.126. The first-order valence-corrected chi connectivity index (χ1v) is 9.15. The fourth-order valence-corrected chi connectivity index (χ4v) is 2.27. The van der Waals surface area contributed by atoms with Crippen LogP contribution >= 0.6 is 12.6 Å². The Bertz CT molecular complexity index is 618. The van der Waals surface area contributed by atoms with E-state index in [1.165, 1.54) is 6.92 Å². The summed E-state index contributed by atoms with van der Waals surface area (Å²) in [5.74, 6) is -5.21. The highest BCUT2D eigenvalue weighted by atomic mass is 32.1. The average molecular weight is 437 g/mol. The van der Waals surface area contributed by atoms with E-state index in [0.717, 1.165) is 0 Å². The summed E-state index contributed by atoms with van der Waals surface area (Å²) in [7, 11) is 0. The van der Waals surface area contributed by atoms with Crippen LogP contribution in [0.4, 0.5) is 0 Å². The first-order chi connectivity index (χ1) is 13.4. The Morgan fingerprint density at radius 1 is 1.00 bits per heavy atom. The van der Waals surface area contributed by atoms with Crippen molar-refractivity contribution in [3.05, 3.63) is 0 Å². The van der Waals surface area contributed by atoms with Crippen molar-refractivity contribution in [2.75, 3.05) is 12.4 Å². The number of amides is 4. The number of carboxylic acid groups (broad SMARTS) is 1. The Kier molecular flexibility index (Phi) is 11.8. The van der Waals surface area contributed by atoms with Crippen LogP contribution in [0.5, 0.6) is 0 Å². The Hall–Kier alpha value is -2.42. The van der Waals surface area contributed by atoms with Gasteiger partial charge in [0.1, 0.15) is 24.2 Å². The molecule has 0 rings (SSSR count). The van der Waals surface area contributed by atoms with Crippen molar-refractivity contribution < 1.29 is 39.3 Å². The van der Waals surface area contributed by atoms with Gasteiger partial charge in [-0.1, -0.05) is 0 Å². The molecule has 10 N–H and O–H groups in total. The maximum atomic E-state index is 12.5. The van der Waals surface area contributed by atoms with Gasteiger partial charge in [-0.15, -0.1) is 0 Å². The van der Waals surface area contributed by atoms with Crippen molar-refractivity contribution in [2.45, 2.75) is 50.0 Å². The van der Waals surface area contributed by atoms with Crippen molar-refractivity contribution in [3.63, 3.8) is 0 Å². The van der Waals surface area contributed by atoms with Crippen LogP contribution in [0.2, 0.25) is 0 Å². The van der Waals surface area contributed by atoms with Crippen molar-refractivity contribution in [3.8, 4) is 0 Å². The summed E-state index contributed by atoms with van der Waals surface area (Å²) < 4.78 is 0. The number of aliphatic hydroxyl groups excluding tert-OH is 2. The maximum Gasteiger partial charge on any atom is 0.327 e. The molecule has 5 unspecified atom stereocenters. The lowest BCUT2D eigenvalue weighted by Crippen LogP contribution is -2.60. The number of primary amides is 1. The number of hydrogen-bond donors (Lipinski definition) is 9. The topological polar surface area (TPSA) is 234 Å². The summed E-state index contributed by atoms with van der Waals surface area (Å²) in [5, 5.41) is 34.2. The van der Waals surface area contributed by atoms with Crippen LogP contribution in [0.25, 0.3) is 0 Å². The van der Waals surface area contributed by atoms with E-state index in [-0.39, 0.29) is 18.6 Å². The number of nitrogens with one attached hydrogen (secondary N) is 3. The molecule has 0 bridgehead atoms. The summed E-state index contributed by atoms with van der Waals surface area (Å²) in [6.45, 7) is 0.481. The van der Waals surface area contributed by atoms with Crippen LogP contribution in [-0.4, -0.2) is 87.5 Å². The SMILES string of the molecule is CC(O)C(NC(=O)C(CCC(N)=O)NC(=O)C(N)CO)C(=O)NC(CS)C(=O)O. The lowest BCUT2D eigenvalue weighted by Gasteiger charge is -2.26. The van der Waals surface area contributed by atoms with Gasteiger partial charge in [0.15, 0.2) is 0 Å². The second kappa shape index (κ2) is 12.9. The normalized spacial score (nSPS) is 15.9. The number of carbonyl (C=O) groups excluding carboxylic acids is 4. The number of carbonyl (C=O) groups is 5. The number of thiol groups is 1. The van der Waals surface area contributed by atoms with Crippen LogP contribution in [-0.2, 0) is 24.0 Å². The van der Waals surface area contributed by atoms with Crippen LogP contribution in [0, 0.1) is 0 Å². The highest BCUT2D eigenvalue weighted by molar-refractivity contribution is 7.80. The minimum atomic E-state index is -1.57. The van der Waals surface area contributed by atoms with E-state index in [4.69, 9.17) is 21.7 Å². The highest BCUT2D eigenvalue weighted by Crippen LogP contribution is 2.02.